The van der Waals surface area contributed by atoms with Crippen molar-refractivity contribution in [1.29, 1.82) is 0 Å². The van der Waals surface area contributed by atoms with Gasteiger partial charge < -0.3 is 15.8 Å². The molecule has 1 aromatic heterocycles. The van der Waals surface area contributed by atoms with Crippen LogP contribution in [0, 0.1) is 0 Å². The van der Waals surface area contributed by atoms with E-state index in [1.165, 1.54) is 0 Å². The molecule has 0 radical (unpaired) electrons. The number of carbonyl (C=O) groups excluding carboxylic acids is 1. The number of benzene rings is 1. The van der Waals surface area contributed by atoms with Gasteiger partial charge in [-0.3, -0.25) is 9.78 Å². The summed E-state index contributed by atoms with van der Waals surface area (Å²) in [7, 11) is 0. The molecule has 0 saturated carbocycles. The van der Waals surface area contributed by atoms with Crippen molar-refractivity contribution in [3.8, 4) is 5.75 Å². The molecule has 1 aromatic carbocycles. The Morgan fingerprint density at radius 3 is 2.70 bits per heavy atom. The van der Waals surface area contributed by atoms with Crippen molar-refractivity contribution < 1.29 is 9.53 Å². The van der Waals surface area contributed by atoms with Gasteiger partial charge >= 0.3 is 0 Å². The Morgan fingerprint density at radius 2 is 2.05 bits per heavy atom. The molecule has 0 spiro atoms. The number of hydrogen-bond acceptors (Lipinski definition) is 4. The zero-order valence-electron chi connectivity index (χ0n) is 11.3. The van der Waals surface area contributed by atoms with E-state index in [1.54, 1.807) is 30.6 Å². The van der Waals surface area contributed by atoms with Gasteiger partial charge in [0.05, 0.1) is 12.3 Å². The van der Waals surface area contributed by atoms with E-state index < -0.39 is 0 Å². The summed E-state index contributed by atoms with van der Waals surface area (Å²) in [5.41, 5.74) is 7.81. The average Bonchev–Trinajstić information content (AvgIpc) is 2.48. The van der Waals surface area contributed by atoms with Crippen molar-refractivity contribution in [3.05, 3.63) is 53.9 Å². The highest BCUT2D eigenvalue weighted by Gasteiger charge is 2.08. The number of nitrogens with zero attached hydrogens (tertiary/aromatic N) is 1. The van der Waals surface area contributed by atoms with E-state index in [9.17, 15) is 4.79 Å². The van der Waals surface area contributed by atoms with Gasteiger partial charge in [-0.25, -0.2) is 0 Å². The van der Waals surface area contributed by atoms with E-state index in [0.29, 0.717) is 30.2 Å². The number of pyridine rings is 1. The number of amides is 1. The normalized spacial score (nSPS) is 10.1. The van der Waals surface area contributed by atoms with E-state index >= 15 is 0 Å². The summed E-state index contributed by atoms with van der Waals surface area (Å²) in [5.74, 6) is 0.426. The molecule has 0 saturated heterocycles. The second-order valence-corrected chi connectivity index (χ2v) is 4.22. The lowest BCUT2D eigenvalue weighted by Gasteiger charge is -2.09. The molecule has 5 heteroatoms. The number of aromatic nitrogens is 1. The number of anilines is 1. The molecule has 0 fully saturated rings. The maximum atomic E-state index is 12.0. The fourth-order valence-electron chi connectivity index (χ4n) is 1.76. The molecule has 104 valence electrons. The highest BCUT2D eigenvalue weighted by atomic mass is 16.5. The predicted octanol–water partition coefficient (Wildman–Crippen LogP) is 1.99. The van der Waals surface area contributed by atoms with Crippen molar-refractivity contribution in [2.24, 2.45) is 0 Å². The second-order valence-electron chi connectivity index (χ2n) is 4.22. The molecule has 2 aromatic rings. The van der Waals surface area contributed by atoms with Crippen molar-refractivity contribution in [3.63, 3.8) is 0 Å². The molecule has 1 amide bonds. The summed E-state index contributed by atoms with van der Waals surface area (Å²) in [6.07, 6.45) is 3.38. The molecule has 5 nitrogen and oxygen atoms in total. The summed E-state index contributed by atoms with van der Waals surface area (Å²) in [5, 5.41) is 2.83. The van der Waals surface area contributed by atoms with Crippen LogP contribution in [0.4, 0.5) is 5.69 Å². The number of rotatable bonds is 5. The highest BCUT2D eigenvalue weighted by molar-refractivity contribution is 5.95. The van der Waals surface area contributed by atoms with Crippen LogP contribution in [0.2, 0.25) is 0 Å². The molecule has 0 atom stereocenters. The highest BCUT2D eigenvalue weighted by Crippen LogP contribution is 2.22. The Morgan fingerprint density at radius 1 is 1.30 bits per heavy atom. The van der Waals surface area contributed by atoms with Gasteiger partial charge in [-0.2, -0.15) is 0 Å². The Kier molecular flexibility index (Phi) is 4.55. The standard InChI is InChI=1S/C15H17N3O2/c1-2-20-14-4-3-12(9-13(14)16)15(19)18-10-11-5-7-17-8-6-11/h3-9H,2,10,16H2,1H3,(H,18,19). The molecule has 3 N–H and O–H groups in total. The van der Waals surface area contributed by atoms with E-state index in [1.807, 2.05) is 19.1 Å². The maximum Gasteiger partial charge on any atom is 0.251 e. The molecular weight excluding hydrogens is 254 g/mol. The molecule has 0 aliphatic heterocycles. The monoisotopic (exact) mass is 271 g/mol. The number of carbonyl (C=O) groups is 1. The van der Waals surface area contributed by atoms with E-state index in [4.69, 9.17) is 10.5 Å². The molecule has 0 bridgehead atoms. The van der Waals surface area contributed by atoms with Crippen molar-refractivity contribution >= 4 is 11.6 Å². The third-order valence-electron chi connectivity index (χ3n) is 2.77. The minimum Gasteiger partial charge on any atom is -0.492 e. The maximum absolute atomic E-state index is 12.0. The minimum absolute atomic E-state index is 0.170. The zero-order chi connectivity index (χ0) is 14.4. The quantitative estimate of drug-likeness (QED) is 0.815. The Hall–Kier alpha value is -2.56. The van der Waals surface area contributed by atoms with E-state index in [-0.39, 0.29) is 5.91 Å². The second kappa shape index (κ2) is 6.56. The summed E-state index contributed by atoms with van der Waals surface area (Å²) < 4.78 is 5.34. The largest absolute Gasteiger partial charge is 0.492 e. The smallest absolute Gasteiger partial charge is 0.251 e. The first-order valence-corrected chi connectivity index (χ1v) is 6.40. The SMILES string of the molecule is CCOc1ccc(C(=O)NCc2ccncc2)cc1N. The van der Waals surface area contributed by atoms with Gasteiger partial charge in [0.1, 0.15) is 5.75 Å². The summed E-state index contributed by atoms with van der Waals surface area (Å²) in [6, 6.07) is 8.73. The fourth-order valence-corrected chi connectivity index (χ4v) is 1.76. The third-order valence-corrected chi connectivity index (χ3v) is 2.77. The predicted molar refractivity (Wildman–Crippen MR) is 77.4 cm³/mol. The number of nitrogen functional groups attached to an aromatic ring is 1. The lowest BCUT2D eigenvalue weighted by Crippen LogP contribution is -2.22. The van der Waals surface area contributed by atoms with Crippen molar-refractivity contribution in [1.82, 2.24) is 10.3 Å². The van der Waals surface area contributed by atoms with Crippen LogP contribution in [0.3, 0.4) is 0 Å². The first-order chi connectivity index (χ1) is 9.70. The number of hydrogen-bond donors (Lipinski definition) is 2. The van der Waals surface area contributed by atoms with Crippen LogP contribution >= 0.6 is 0 Å². The number of nitrogens with one attached hydrogen (secondary N) is 1. The van der Waals surface area contributed by atoms with Crippen molar-refractivity contribution in [2.75, 3.05) is 12.3 Å². The third kappa shape index (κ3) is 3.47. The van der Waals surface area contributed by atoms with Gasteiger partial charge in [0.25, 0.3) is 5.91 Å². The Labute approximate surface area is 117 Å². The first kappa shape index (κ1) is 13.9. The molecule has 1 heterocycles. The van der Waals surface area contributed by atoms with Crippen LogP contribution in [-0.2, 0) is 6.54 Å². The Balaban J connectivity index is 2.00. The van der Waals surface area contributed by atoms with Crippen molar-refractivity contribution in [2.45, 2.75) is 13.5 Å². The summed E-state index contributed by atoms with van der Waals surface area (Å²) >= 11 is 0. The van der Waals surface area contributed by atoms with E-state index in [0.717, 1.165) is 5.56 Å². The number of ether oxygens (including phenoxy) is 1. The van der Waals surface area contributed by atoms with Crippen LogP contribution in [0.25, 0.3) is 0 Å². The van der Waals surface area contributed by atoms with Crippen LogP contribution in [-0.4, -0.2) is 17.5 Å². The van der Waals surface area contributed by atoms with E-state index in [2.05, 4.69) is 10.3 Å². The van der Waals surface area contributed by atoms with Gasteiger partial charge in [-0.05, 0) is 42.8 Å². The molecular formula is C15H17N3O2. The van der Waals surface area contributed by atoms with Gasteiger partial charge in [0.2, 0.25) is 0 Å². The number of nitrogens with two attached hydrogens (primary N) is 1. The topological polar surface area (TPSA) is 77.2 Å². The molecule has 2 rings (SSSR count). The van der Waals surface area contributed by atoms with Gasteiger partial charge in [0, 0.05) is 24.5 Å². The summed E-state index contributed by atoms with van der Waals surface area (Å²) in [6.45, 7) is 2.88. The minimum atomic E-state index is -0.170. The van der Waals surface area contributed by atoms with Crippen LogP contribution in [0.15, 0.2) is 42.7 Å². The molecule has 0 aliphatic carbocycles. The lowest BCUT2D eigenvalue weighted by atomic mass is 10.1. The van der Waals surface area contributed by atoms with Crippen LogP contribution in [0.5, 0.6) is 5.75 Å². The average molecular weight is 271 g/mol. The molecule has 0 unspecified atom stereocenters. The Bertz CT molecular complexity index is 585. The van der Waals surface area contributed by atoms with Crippen LogP contribution in [0.1, 0.15) is 22.8 Å². The van der Waals surface area contributed by atoms with Gasteiger partial charge in [-0.1, -0.05) is 0 Å². The molecule has 20 heavy (non-hydrogen) atoms. The summed E-state index contributed by atoms with van der Waals surface area (Å²) in [4.78, 5) is 15.9. The van der Waals surface area contributed by atoms with Gasteiger partial charge in [0.15, 0.2) is 0 Å². The fraction of sp³-hybridized carbons (Fsp3) is 0.200. The first-order valence-electron chi connectivity index (χ1n) is 6.40. The van der Waals surface area contributed by atoms with Gasteiger partial charge in [-0.15, -0.1) is 0 Å². The van der Waals surface area contributed by atoms with Crippen LogP contribution < -0.4 is 15.8 Å². The molecule has 0 aliphatic rings. The zero-order valence-corrected chi connectivity index (χ0v) is 11.3. The lowest BCUT2D eigenvalue weighted by molar-refractivity contribution is 0.0951.